The molecule has 6 rings (SSSR count). The quantitative estimate of drug-likeness (QED) is 0.0681. The van der Waals surface area contributed by atoms with Gasteiger partial charge in [-0.2, -0.15) is 35.8 Å². The van der Waals surface area contributed by atoms with E-state index in [4.69, 9.17) is 10.8 Å². The molecule has 2 aliphatic carbocycles. The molecule has 0 aliphatic heterocycles. The first-order valence-electron chi connectivity index (χ1n) is 20.8. The summed E-state index contributed by atoms with van der Waals surface area (Å²) in [5, 5.41) is 22.1. The Bertz CT molecular complexity index is 2290. The Hall–Kier alpha value is -5.89. The van der Waals surface area contributed by atoms with E-state index in [2.05, 4.69) is 30.9 Å². The number of rotatable bonds is 15. The number of hydrogen-bond donors (Lipinski definition) is 6. The number of nitrogens with one attached hydrogen (secondary N) is 4. The lowest BCUT2D eigenvalue weighted by atomic mass is 9.81. The number of carbonyl (C=O) groups excluding carboxylic acids is 3. The van der Waals surface area contributed by atoms with E-state index in [-0.39, 0.29) is 52.2 Å². The molecule has 2 saturated carbocycles. The van der Waals surface area contributed by atoms with E-state index in [1.807, 2.05) is 14.1 Å². The van der Waals surface area contributed by atoms with Crippen LogP contribution in [0.1, 0.15) is 78.7 Å². The van der Waals surface area contributed by atoms with Crippen molar-refractivity contribution in [1.29, 1.82) is 0 Å². The molecular weight excluding hydrogens is 854 g/mol. The summed E-state index contributed by atoms with van der Waals surface area (Å²) in [5.74, 6) is -17.6. The second-order valence-electron chi connectivity index (χ2n) is 16.6. The molecule has 0 bridgehead atoms. The van der Waals surface area contributed by atoms with E-state index in [0.717, 1.165) is 31.7 Å². The average molecular weight is 903 g/mol. The van der Waals surface area contributed by atoms with Crippen LogP contribution in [0.15, 0.2) is 66.7 Å². The van der Waals surface area contributed by atoms with Gasteiger partial charge in [0.05, 0.1) is 5.56 Å². The van der Waals surface area contributed by atoms with Gasteiger partial charge >= 0.3 is 24.0 Å². The van der Waals surface area contributed by atoms with Crippen LogP contribution in [0, 0.1) is 11.8 Å². The maximum absolute atomic E-state index is 14.5. The topological polar surface area (TPSA) is 195 Å². The van der Waals surface area contributed by atoms with Crippen LogP contribution >= 0.6 is 0 Å². The summed E-state index contributed by atoms with van der Waals surface area (Å²) in [7, 11) is 3.97. The van der Waals surface area contributed by atoms with Crippen molar-refractivity contribution in [2.45, 2.75) is 93.9 Å². The zero-order valence-electron chi connectivity index (χ0n) is 35.0. The van der Waals surface area contributed by atoms with Gasteiger partial charge < -0.3 is 31.7 Å². The molecule has 2 fully saturated rings. The molecule has 1 heterocycles. The molecule has 1 atom stereocenters. The molecule has 1 unspecified atom stereocenters. The van der Waals surface area contributed by atoms with Gasteiger partial charge in [-0.15, -0.1) is 0 Å². The average Bonchev–Trinajstić information content (AvgIpc) is 3.78. The first kappa shape index (κ1) is 47.6. The Kier molecular flexibility index (Phi) is 14.5. The summed E-state index contributed by atoms with van der Waals surface area (Å²) in [6.45, 7) is 0.487. The van der Waals surface area contributed by atoms with E-state index >= 15 is 0 Å². The van der Waals surface area contributed by atoms with Crippen LogP contribution in [0.3, 0.4) is 0 Å². The number of hydrogen-bond acceptors (Lipinski definition) is 8. The number of benzene rings is 3. The third-order valence-corrected chi connectivity index (χ3v) is 12.1. The van der Waals surface area contributed by atoms with Crippen LogP contribution in [0.4, 0.5) is 36.4 Å². The molecule has 64 heavy (non-hydrogen) atoms. The highest BCUT2D eigenvalue weighted by molar-refractivity contribution is 5.98. The smallest absolute Gasteiger partial charge is 0.417 e. The number of nitrogens with two attached hydrogens (primary N) is 1. The van der Waals surface area contributed by atoms with E-state index in [1.165, 1.54) is 60.7 Å². The zero-order chi connectivity index (χ0) is 46.6. The predicted octanol–water partition coefficient (Wildman–Crippen LogP) is 7.00. The number of nitrogens with zero attached hydrogens (tertiary/aromatic N) is 3. The number of carbonyl (C=O) groups is 4. The van der Waals surface area contributed by atoms with Crippen molar-refractivity contribution >= 4 is 29.4 Å². The van der Waals surface area contributed by atoms with Crippen LogP contribution in [0.2, 0.25) is 0 Å². The number of H-pyrrole nitrogens is 1. The highest BCUT2D eigenvalue weighted by atomic mass is 19.4. The first-order valence-corrected chi connectivity index (χ1v) is 20.8. The maximum Gasteiger partial charge on any atom is 0.417 e. The van der Waals surface area contributed by atoms with Gasteiger partial charge in [-0.1, -0.05) is 30.3 Å². The van der Waals surface area contributed by atoms with Gasteiger partial charge in [0.25, 0.3) is 5.91 Å². The number of anilines is 1. The Morgan fingerprint density at radius 2 is 1.47 bits per heavy atom. The third-order valence-electron chi connectivity index (χ3n) is 12.1. The zero-order valence-corrected chi connectivity index (χ0v) is 35.0. The summed E-state index contributed by atoms with van der Waals surface area (Å²) in [4.78, 5) is 56.7. The molecule has 1 aromatic heterocycles. The number of aliphatic carboxylic acids is 1. The van der Waals surface area contributed by atoms with Gasteiger partial charge in [-0.25, -0.2) is 9.78 Å². The van der Waals surface area contributed by atoms with Crippen LogP contribution in [-0.2, 0) is 32.9 Å². The fraction of sp³-hybridized carbons (Fsp3) is 0.455. The Morgan fingerprint density at radius 3 is 2.05 bits per heavy atom. The molecular formula is C44H49F7N8O5. The maximum atomic E-state index is 14.5. The molecule has 0 saturated heterocycles. The van der Waals surface area contributed by atoms with E-state index in [0.29, 0.717) is 43.8 Å². The predicted molar refractivity (Wildman–Crippen MR) is 221 cm³/mol. The molecule has 3 amide bonds. The van der Waals surface area contributed by atoms with Crippen LogP contribution in [0.25, 0.3) is 22.5 Å². The van der Waals surface area contributed by atoms with Crippen molar-refractivity contribution in [1.82, 2.24) is 30.7 Å². The van der Waals surface area contributed by atoms with Crippen LogP contribution < -0.4 is 21.7 Å². The minimum Gasteiger partial charge on any atom is -0.477 e. The summed E-state index contributed by atoms with van der Waals surface area (Å²) in [6.07, 6.45) is 0.855. The number of carboxylic acids is 1. The molecule has 3 aromatic carbocycles. The lowest BCUT2D eigenvalue weighted by Gasteiger charge is -2.33. The minimum atomic E-state index is -5.48. The lowest BCUT2D eigenvalue weighted by Crippen LogP contribution is -2.48. The summed E-state index contributed by atoms with van der Waals surface area (Å²) in [6, 6.07) is 13.7. The minimum absolute atomic E-state index is 0.0393. The van der Waals surface area contributed by atoms with Crippen molar-refractivity contribution in [3.05, 3.63) is 89.2 Å². The molecule has 4 aromatic rings. The van der Waals surface area contributed by atoms with E-state index in [9.17, 15) is 49.9 Å². The largest absolute Gasteiger partial charge is 0.477 e. The van der Waals surface area contributed by atoms with Crippen molar-refractivity contribution in [3.63, 3.8) is 0 Å². The van der Waals surface area contributed by atoms with E-state index in [1.54, 1.807) is 5.10 Å². The van der Waals surface area contributed by atoms with Gasteiger partial charge in [0.2, 0.25) is 17.6 Å². The molecule has 0 radical (unpaired) electrons. The van der Waals surface area contributed by atoms with Crippen LogP contribution in [0.5, 0.6) is 0 Å². The Morgan fingerprint density at radius 1 is 0.844 bits per heavy atom. The van der Waals surface area contributed by atoms with Gasteiger partial charge in [0, 0.05) is 41.2 Å². The number of halogens is 7. The number of amides is 3. The normalized spacial score (nSPS) is 20.0. The number of carboxylic acid groups (broad SMARTS) is 1. The Labute approximate surface area is 363 Å². The summed E-state index contributed by atoms with van der Waals surface area (Å²) in [5.41, 5.74) is 5.44. The third kappa shape index (κ3) is 10.9. The molecule has 13 nitrogen and oxygen atoms in total. The fourth-order valence-electron chi connectivity index (χ4n) is 8.14. The molecule has 344 valence electrons. The summed E-state index contributed by atoms with van der Waals surface area (Å²) < 4.78 is 99.5. The highest BCUT2D eigenvalue weighted by Crippen LogP contribution is 2.42. The van der Waals surface area contributed by atoms with E-state index < -0.39 is 65.0 Å². The molecule has 20 heteroatoms. The Balaban J connectivity index is 1.17. The lowest BCUT2D eigenvalue weighted by molar-refractivity contribution is -0.231. The van der Waals surface area contributed by atoms with Crippen molar-refractivity contribution < 1.29 is 55.0 Å². The summed E-state index contributed by atoms with van der Waals surface area (Å²) >= 11 is 0. The number of aromatic nitrogens is 3. The van der Waals surface area contributed by atoms with Gasteiger partial charge in [-0.3, -0.25) is 19.5 Å². The van der Waals surface area contributed by atoms with Gasteiger partial charge in [0.15, 0.2) is 5.82 Å². The standard InChI is InChI=1S/C44H49F7N8O5/c1-59(2)32-18-16-31(17-19-32)53-38(61)29-13-20-33(34(22-29)44(49,50)51)26-7-3-24(4-8-26)21-35(55-37(60)28-9-5-25(23-52)6-10-28)39(62)54-30-14-11-27(12-15-30)36-56-40(58-57-36)42(45,46)43(47,48)41(63)64/h3-4,7-8,11-15,20,22,25,28,31-32,35H,5-6,9-10,16-19,21,23,52H2,1-2H3,(H,53,61)(H,54,62)(H,55,60)(H,63,64)(H,56,57,58). The number of aromatic amines is 1. The second-order valence-corrected chi connectivity index (χ2v) is 16.6. The fourth-order valence-corrected chi connectivity index (χ4v) is 8.14. The monoisotopic (exact) mass is 902 g/mol. The van der Waals surface area contributed by atoms with Crippen LogP contribution in [-0.4, -0.2) is 93.6 Å². The molecule has 7 N–H and O–H groups in total. The van der Waals surface area contributed by atoms with Crippen molar-refractivity contribution in [2.24, 2.45) is 17.6 Å². The molecule has 2 aliphatic rings. The van der Waals surface area contributed by atoms with Gasteiger partial charge in [-0.05, 0) is 131 Å². The molecule has 0 spiro atoms. The SMILES string of the molecule is CN(C)C1CCC(NC(=O)c2ccc(-c3ccc(CC(NC(=O)C4CCC(CN)CC4)C(=O)Nc4ccc(-c5n[nH]c(C(F)(F)C(F)(F)C(=O)O)n5)cc4)cc3)c(C(F)(F)F)c2)CC1. The van der Waals surface area contributed by atoms with Crippen molar-refractivity contribution in [2.75, 3.05) is 26.0 Å². The van der Waals surface area contributed by atoms with Gasteiger partial charge in [0.1, 0.15) is 6.04 Å². The van der Waals surface area contributed by atoms with Crippen molar-refractivity contribution in [3.8, 4) is 22.5 Å². The first-order chi connectivity index (χ1) is 30.2. The number of alkyl halides is 7. The second kappa shape index (κ2) is 19.5. The highest BCUT2D eigenvalue weighted by Gasteiger charge is 2.65.